The van der Waals surface area contributed by atoms with Crippen LogP contribution >= 0.6 is 0 Å². The van der Waals surface area contributed by atoms with Gasteiger partial charge in [0.25, 0.3) is 5.69 Å². The van der Waals surface area contributed by atoms with Gasteiger partial charge in [-0.1, -0.05) is 24.6 Å². The molecule has 0 atom stereocenters. The fraction of sp³-hybridized carbons (Fsp3) is 0.294. The quantitative estimate of drug-likeness (QED) is 0.650. The minimum atomic E-state index is -3.71. The summed E-state index contributed by atoms with van der Waals surface area (Å²) < 4.78 is 26.8. The monoisotopic (exact) mass is 361 g/mol. The molecule has 8 heteroatoms. The third-order valence-electron chi connectivity index (χ3n) is 4.17. The highest BCUT2D eigenvalue weighted by molar-refractivity contribution is 7.89. The van der Waals surface area contributed by atoms with Crippen LogP contribution in [0, 0.1) is 10.1 Å². The maximum absolute atomic E-state index is 12.7. The van der Waals surface area contributed by atoms with Crippen LogP contribution in [0.5, 0.6) is 0 Å². The number of nitro groups is 1. The van der Waals surface area contributed by atoms with Crippen molar-refractivity contribution in [1.29, 1.82) is 0 Å². The Bertz CT molecular complexity index is 863. The van der Waals surface area contributed by atoms with E-state index in [2.05, 4.69) is 5.32 Å². The topological polar surface area (TPSA) is 92.5 Å². The molecule has 3 rings (SSSR count). The molecule has 0 bridgehead atoms. The van der Waals surface area contributed by atoms with Crippen molar-refractivity contribution in [1.82, 2.24) is 4.31 Å². The zero-order valence-corrected chi connectivity index (χ0v) is 14.4. The van der Waals surface area contributed by atoms with E-state index in [4.69, 9.17) is 0 Å². The standard InChI is InChI=1S/C17H19N3O4S/c21-20(22)17-13-15(25(23,24)19-11-5-2-6-12-19)9-10-16(17)18-14-7-3-1-4-8-14/h1,3-4,7-10,13,18H,2,5-6,11-12H2. The number of sulfonamides is 1. The molecule has 25 heavy (non-hydrogen) atoms. The lowest BCUT2D eigenvalue weighted by atomic mass is 10.2. The Balaban J connectivity index is 1.95. The number of nitrogens with one attached hydrogen (secondary N) is 1. The Morgan fingerprint density at radius 3 is 2.32 bits per heavy atom. The van der Waals surface area contributed by atoms with Gasteiger partial charge in [0.15, 0.2) is 0 Å². The minimum Gasteiger partial charge on any atom is -0.350 e. The molecule has 1 saturated heterocycles. The molecule has 0 amide bonds. The molecule has 1 N–H and O–H groups in total. The van der Waals surface area contributed by atoms with Gasteiger partial charge in [0.1, 0.15) is 5.69 Å². The van der Waals surface area contributed by atoms with E-state index in [0.717, 1.165) is 25.3 Å². The fourth-order valence-corrected chi connectivity index (χ4v) is 4.40. The molecular formula is C17H19N3O4S. The van der Waals surface area contributed by atoms with Crippen LogP contribution in [0.2, 0.25) is 0 Å². The van der Waals surface area contributed by atoms with Gasteiger partial charge in [-0.3, -0.25) is 10.1 Å². The summed E-state index contributed by atoms with van der Waals surface area (Å²) in [5.74, 6) is 0. The second-order valence-corrected chi connectivity index (χ2v) is 7.83. The van der Waals surface area contributed by atoms with Gasteiger partial charge in [-0.25, -0.2) is 8.42 Å². The van der Waals surface area contributed by atoms with Gasteiger partial charge in [0.2, 0.25) is 10.0 Å². The first-order valence-corrected chi connectivity index (χ1v) is 9.53. The smallest absolute Gasteiger partial charge is 0.294 e. The van der Waals surface area contributed by atoms with E-state index in [-0.39, 0.29) is 16.3 Å². The normalized spacial score (nSPS) is 15.7. The highest BCUT2D eigenvalue weighted by Gasteiger charge is 2.28. The molecule has 2 aromatic rings. The lowest BCUT2D eigenvalue weighted by Gasteiger charge is -2.25. The Kier molecular flexibility index (Phi) is 5.00. The van der Waals surface area contributed by atoms with Crippen molar-refractivity contribution in [3.05, 3.63) is 58.6 Å². The van der Waals surface area contributed by atoms with Crippen molar-refractivity contribution >= 4 is 27.1 Å². The van der Waals surface area contributed by atoms with Crippen LogP contribution in [0.1, 0.15) is 19.3 Å². The van der Waals surface area contributed by atoms with Crippen LogP contribution in [-0.2, 0) is 10.0 Å². The molecule has 1 aliphatic heterocycles. The largest absolute Gasteiger partial charge is 0.350 e. The number of nitro benzene ring substituents is 1. The Hall–Kier alpha value is -2.45. The highest BCUT2D eigenvalue weighted by Crippen LogP contribution is 2.31. The van der Waals surface area contributed by atoms with Crippen molar-refractivity contribution in [2.75, 3.05) is 18.4 Å². The number of piperidine rings is 1. The summed E-state index contributed by atoms with van der Waals surface area (Å²) >= 11 is 0. The minimum absolute atomic E-state index is 0.0419. The third kappa shape index (κ3) is 3.80. The molecule has 1 aliphatic rings. The van der Waals surface area contributed by atoms with E-state index < -0.39 is 14.9 Å². The van der Waals surface area contributed by atoms with Crippen LogP contribution in [0.3, 0.4) is 0 Å². The number of para-hydroxylation sites is 1. The number of hydrogen-bond donors (Lipinski definition) is 1. The molecule has 0 saturated carbocycles. The fourth-order valence-electron chi connectivity index (χ4n) is 2.86. The van der Waals surface area contributed by atoms with E-state index in [1.165, 1.54) is 16.4 Å². The Morgan fingerprint density at radius 1 is 1.00 bits per heavy atom. The number of hydrogen-bond acceptors (Lipinski definition) is 5. The molecule has 0 aromatic heterocycles. The van der Waals surface area contributed by atoms with Crippen LogP contribution in [-0.4, -0.2) is 30.7 Å². The van der Waals surface area contributed by atoms with Gasteiger partial charge < -0.3 is 5.32 Å². The van der Waals surface area contributed by atoms with Crippen LogP contribution in [0.25, 0.3) is 0 Å². The third-order valence-corrected chi connectivity index (χ3v) is 6.07. The van der Waals surface area contributed by atoms with E-state index in [1.807, 2.05) is 18.2 Å². The first-order valence-electron chi connectivity index (χ1n) is 8.09. The van der Waals surface area contributed by atoms with Crippen molar-refractivity contribution < 1.29 is 13.3 Å². The van der Waals surface area contributed by atoms with Gasteiger partial charge in [-0.2, -0.15) is 4.31 Å². The zero-order valence-electron chi connectivity index (χ0n) is 13.6. The molecule has 0 spiro atoms. The van der Waals surface area contributed by atoms with Crippen molar-refractivity contribution in [2.24, 2.45) is 0 Å². The summed E-state index contributed by atoms with van der Waals surface area (Å²) in [4.78, 5) is 10.8. The van der Waals surface area contributed by atoms with Crippen LogP contribution < -0.4 is 5.32 Å². The predicted octanol–water partition coefficient (Wildman–Crippen LogP) is 3.51. The summed E-state index contributed by atoms with van der Waals surface area (Å²) in [5, 5.41) is 14.4. The van der Waals surface area contributed by atoms with E-state index in [9.17, 15) is 18.5 Å². The molecular weight excluding hydrogens is 342 g/mol. The molecule has 0 aliphatic carbocycles. The van der Waals surface area contributed by atoms with Crippen molar-refractivity contribution in [3.8, 4) is 0 Å². The molecule has 1 fully saturated rings. The lowest BCUT2D eigenvalue weighted by molar-refractivity contribution is -0.384. The summed E-state index contributed by atoms with van der Waals surface area (Å²) in [7, 11) is -3.71. The summed E-state index contributed by atoms with van der Waals surface area (Å²) in [6, 6.07) is 13.0. The Morgan fingerprint density at radius 2 is 1.68 bits per heavy atom. The van der Waals surface area contributed by atoms with Crippen molar-refractivity contribution in [3.63, 3.8) is 0 Å². The molecule has 1 heterocycles. The molecule has 0 radical (unpaired) electrons. The molecule has 132 valence electrons. The second-order valence-electron chi connectivity index (χ2n) is 5.89. The number of anilines is 2. The average Bonchev–Trinajstić information content (AvgIpc) is 2.63. The first kappa shape index (κ1) is 17.4. The molecule has 2 aromatic carbocycles. The molecule has 0 unspecified atom stereocenters. The van der Waals surface area contributed by atoms with E-state index in [0.29, 0.717) is 18.8 Å². The van der Waals surface area contributed by atoms with Gasteiger partial charge in [0.05, 0.1) is 9.82 Å². The first-order chi connectivity index (χ1) is 12.0. The van der Waals surface area contributed by atoms with E-state index >= 15 is 0 Å². The SMILES string of the molecule is O=[N+]([O-])c1cc(S(=O)(=O)N2CCCCC2)ccc1Nc1ccccc1. The number of rotatable bonds is 5. The van der Waals surface area contributed by atoms with Crippen LogP contribution in [0.15, 0.2) is 53.4 Å². The highest BCUT2D eigenvalue weighted by atomic mass is 32.2. The number of benzene rings is 2. The van der Waals surface area contributed by atoms with Gasteiger partial charge in [-0.05, 0) is 37.1 Å². The lowest BCUT2D eigenvalue weighted by Crippen LogP contribution is -2.35. The summed E-state index contributed by atoms with van der Waals surface area (Å²) in [6.07, 6.45) is 2.63. The van der Waals surface area contributed by atoms with Gasteiger partial charge >= 0.3 is 0 Å². The summed E-state index contributed by atoms with van der Waals surface area (Å²) in [6.45, 7) is 0.917. The maximum Gasteiger partial charge on any atom is 0.294 e. The van der Waals surface area contributed by atoms with Gasteiger partial charge in [0, 0.05) is 24.8 Å². The predicted molar refractivity (Wildman–Crippen MR) is 95.4 cm³/mol. The second kappa shape index (κ2) is 7.20. The Labute approximate surface area is 146 Å². The maximum atomic E-state index is 12.7. The van der Waals surface area contributed by atoms with Gasteiger partial charge in [-0.15, -0.1) is 0 Å². The zero-order chi connectivity index (χ0) is 17.9. The molecule has 7 nitrogen and oxygen atoms in total. The van der Waals surface area contributed by atoms with Crippen molar-refractivity contribution in [2.45, 2.75) is 24.2 Å². The van der Waals surface area contributed by atoms with E-state index in [1.54, 1.807) is 12.1 Å². The average molecular weight is 361 g/mol. The van der Waals surface area contributed by atoms with Crippen LogP contribution in [0.4, 0.5) is 17.1 Å². The number of nitrogens with zero attached hydrogens (tertiary/aromatic N) is 2. The summed E-state index contributed by atoms with van der Waals surface area (Å²) in [5.41, 5.74) is 0.688.